The summed E-state index contributed by atoms with van der Waals surface area (Å²) < 4.78 is 0. The topological polar surface area (TPSA) is 0 Å². The number of benzene rings is 1. The van der Waals surface area contributed by atoms with Crippen LogP contribution in [0.25, 0.3) is 5.03 Å². The molecule has 10 heavy (non-hydrogen) atoms. The molecule has 1 aromatic rings. The molecule has 1 aromatic carbocycles. The Bertz CT molecular complexity index is 236. The van der Waals surface area contributed by atoms with Gasteiger partial charge in [0.25, 0.3) is 0 Å². The van der Waals surface area contributed by atoms with Gasteiger partial charge in [0.1, 0.15) is 0 Å². The van der Waals surface area contributed by atoms with Crippen LogP contribution in [-0.2, 0) is 0 Å². The van der Waals surface area contributed by atoms with Crippen LogP contribution in [0.4, 0.5) is 0 Å². The lowest BCUT2D eigenvalue weighted by atomic mass is 10.2. The molecule has 0 nitrogen and oxygen atoms in total. The molecule has 0 unspecified atom stereocenters. The summed E-state index contributed by atoms with van der Waals surface area (Å²) in [6.07, 6.45) is 0. The Morgan fingerprint density at radius 1 is 1.20 bits per heavy atom. The molecular weight excluding hydrogens is 167 g/mol. The summed E-state index contributed by atoms with van der Waals surface area (Å²) in [5.41, 5.74) is 0.797. The molecule has 0 saturated heterocycles. The van der Waals surface area contributed by atoms with Gasteiger partial charge in [-0.3, -0.25) is 0 Å². The van der Waals surface area contributed by atoms with Crippen LogP contribution < -0.4 is 0 Å². The van der Waals surface area contributed by atoms with E-state index in [2.05, 4.69) is 0 Å². The maximum absolute atomic E-state index is 5.62. The molecule has 2 heteroatoms. The highest BCUT2D eigenvalue weighted by Crippen LogP contribution is 2.18. The second-order valence-electron chi connectivity index (χ2n) is 1.85. The van der Waals surface area contributed by atoms with E-state index in [1.165, 1.54) is 0 Å². The van der Waals surface area contributed by atoms with Crippen molar-refractivity contribution in [1.82, 2.24) is 0 Å². The van der Waals surface area contributed by atoms with Crippen LogP contribution in [0.1, 0.15) is 5.56 Å². The Balaban J connectivity index is 3.00. The fourth-order valence-corrected chi connectivity index (χ4v) is 0.861. The minimum atomic E-state index is 0.289. The lowest BCUT2D eigenvalue weighted by Crippen LogP contribution is -1.72. The van der Waals surface area contributed by atoms with Gasteiger partial charge in [-0.25, -0.2) is 0 Å². The summed E-state index contributed by atoms with van der Waals surface area (Å²) in [6, 6.07) is 7.02. The molecular formula is C8H5Cl2. The third-order valence-corrected chi connectivity index (χ3v) is 1.59. The molecule has 1 rings (SSSR count). The third-order valence-electron chi connectivity index (χ3n) is 1.12. The van der Waals surface area contributed by atoms with E-state index in [9.17, 15) is 0 Å². The first-order valence-electron chi connectivity index (χ1n) is 2.74. The lowest BCUT2D eigenvalue weighted by molar-refractivity contribution is 1.65. The van der Waals surface area contributed by atoms with Crippen molar-refractivity contribution in [3.05, 3.63) is 41.4 Å². The molecule has 0 amide bonds. The summed E-state index contributed by atoms with van der Waals surface area (Å²) in [5.74, 6) is 0. The Morgan fingerprint density at radius 3 is 2.10 bits per heavy atom. The van der Waals surface area contributed by atoms with Gasteiger partial charge in [0.05, 0.1) is 0 Å². The van der Waals surface area contributed by atoms with Gasteiger partial charge in [-0.05, 0) is 24.3 Å². The Kier molecular flexibility index (Phi) is 2.36. The average Bonchev–Trinajstić information content (AvgIpc) is 1.88. The lowest BCUT2D eigenvalue weighted by Gasteiger charge is -1.94. The molecule has 0 atom stereocenters. The highest BCUT2D eigenvalue weighted by Gasteiger charge is 1.92. The SMILES string of the molecule is [CH]=C(Cl)c1ccc(Cl)cc1. The van der Waals surface area contributed by atoms with Gasteiger partial charge < -0.3 is 0 Å². The van der Waals surface area contributed by atoms with Crippen molar-refractivity contribution in [3.8, 4) is 0 Å². The van der Waals surface area contributed by atoms with Gasteiger partial charge in [-0.2, -0.15) is 0 Å². The molecule has 0 aliphatic heterocycles. The van der Waals surface area contributed by atoms with Crippen molar-refractivity contribution in [1.29, 1.82) is 0 Å². The van der Waals surface area contributed by atoms with E-state index in [4.69, 9.17) is 29.8 Å². The highest BCUT2D eigenvalue weighted by molar-refractivity contribution is 6.47. The fraction of sp³-hybridized carbons (Fsp3) is 0. The van der Waals surface area contributed by atoms with Crippen LogP contribution in [0.15, 0.2) is 24.3 Å². The zero-order valence-corrected chi connectivity index (χ0v) is 6.65. The van der Waals surface area contributed by atoms with Gasteiger partial charge in [0, 0.05) is 10.1 Å². The maximum Gasteiger partial charge on any atom is 0.0478 e. The number of halogens is 2. The Hall–Kier alpha value is -0.460. The molecule has 51 valence electrons. The van der Waals surface area contributed by atoms with Gasteiger partial charge in [-0.15, -0.1) is 0 Å². The van der Waals surface area contributed by atoms with Gasteiger partial charge in [-0.1, -0.05) is 35.3 Å². The summed E-state index contributed by atoms with van der Waals surface area (Å²) >= 11 is 11.1. The normalized spacial score (nSPS) is 9.40. The summed E-state index contributed by atoms with van der Waals surface area (Å²) in [4.78, 5) is 0. The number of rotatable bonds is 1. The molecule has 0 N–H and O–H groups in total. The number of hydrogen-bond acceptors (Lipinski definition) is 0. The third kappa shape index (κ3) is 1.76. The second-order valence-corrected chi connectivity index (χ2v) is 2.70. The first kappa shape index (κ1) is 7.64. The van der Waals surface area contributed by atoms with Gasteiger partial charge in [0.2, 0.25) is 0 Å². The molecule has 0 aromatic heterocycles. The first-order chi connectivity index (χ1) is 4.70. The fourth-order valence-electron chi connectivity index (χ4n) is 0.609. The van der Waals surface area contributed by atoms with Crippen molar-refractivity contribution in [2.75, 3.05) is 0 Å². The van der Waals surface area contributed by atoms with Crippen LogP contribution in [0.2, 0.25) is 5.02 Å². The Morgan fingerprint density at radius 2 is 1.70 bits per heavy atom. The van der Waals surface area contributed by atoms with E-state index in [-0.39, 0.29) is 5.03 Å². The quantitative estimate of drug-likeness (QED) is 0.609. The highest BCUT2D eigenvalue weighted by atomic mass is 35.5. The largest absolute Gasteiger partial charge is 0.0843 e. The predicted octanol–water partition coefficient (Wildman–Crippen LogP) is 3.35. The molecule has 0 spiro atoms. The molecule has 0 bridgehead atoms. The molecule has 0 saturated carbocycles. The van der Waals surface area contributed by atoms with Crippen molar-refractivity contribution >= 4 is 28.2 Å². The van der Waals surface area contributed by atoms with Crippen molar-refractivity contribution in [2.45, 2.75) is 0 Å². The monoisotopic (exact) mass is 171 g/mol. The van der Waals surface area contributed by atoms with Crippen LogP contribution in [0.5, 0.6) is 0 Å². The van der Waals surface area contributed by atoms with Crippen molar-refractivity contribution in [2.24, 2.45) is 0 Å². The van der Waals surface area contributed by atoms with E-state index < -0.39 is 0 Å². The van der Waals surface area contributed by atoms with Crippen LogP contribution in [0.3, 0.4) is 0 Å². The van der Waals surface area contributed by atoms with E-state index in [0.717, 1.165) is 5.56 Å². The average molecular weight is 172 g/mol. The van der Waals surface area contributed by atoms with Crippen LogP contribution >= 0.6 is 23.2 Å². The minimum Gasteiger partial charge on any atom is -0.0843 e. The standard InChI is InChI=1S/C8H5Cl2/c1-6(9)7-2-4-8(10)5-3-7/h1-5H. The van der Waals surface area contributed by atoms with Gasteiger partial charge >= 0.3 is 0 Å². The van der Waals surface area contributed by atoms with Crippen molar-refractivity contribution in [3.63, 3.8) is 0 Å². The zero-order valence-electron chi connectivity index (χ0n) is 5.14. The smallest absolute Gasteiger partial charge is 0.0478 e. The summed E-state index contributed by atoms with van der Waals surface area (Å²) in [7, 11) is 0. The van der Waals surface area contributed by atoms with E-state index in [1.807, 2.05) is 0 Å². The van der Waals surface area contributed by atoms with Gasteiger partial charge in [0.15, 0.2) is 0 Å². The van der Waals surface area contributed by atoms with Crippen LogP contribution in [0, 0.1) is 6.58 Å². The zero-order chi connectivity index (χ0) is 7.56. The van der Waals surface area contributed by atoms with Crippen LogP contribution in [-0.4, -0.2) is 0 Å². The predicted molar refractivity (Wildman–Crippen MR) is 45.0 cm³/mol. The van der Waals surface area contributed by atoms with E-state index in [0.29, 0.717) is 5.02 Å². The molecule has 0 aliphatic rings. The second kappa shape index (κ2) is 3.09. The van der Waals surface area contributed by atoms with Crippen molar-refractivity contribution < 1.29 is 0 Å². The molecule has 0 aliphatic carbocycles. The molecule has 1 radical (unpaired) electrons. The Labute approximate surface area is 70.1 Å². The maximum atomic E-state index is 5.62. The first-order valence-corrected chi connectivity index (χ1v) is 3.49. The molecule has 0 fully saturated rings. The number of hydrogen-bond donors (Lipinski definition) is 0. The van der Waals surface area contributed by atoms with E-state index >= 15 is 0 Å². The van der Waals surface area contributed by atoms with E-state index in [1.54, 1.807) is 24.3 Å². The summed E-state index contributed by atoms with van der Waals surface area (Å²) in [5, 5.41) is 0.971. The minimum absolute atomic E-state index is 0.289. The summed E-state index contributed by atoms with van der Waals surface area (Å²) in [6.45, 7) is 5.30. The molecule has 0 heterocycles.